The first kappa shape index (κ1) is 37.0. The summed E-state index contributed by atoms with van der Waals surface area (Å²) >= 11 is 14.0. The van der Waals surface area contributed by atoms with Crippen LogP contribution in [0.25, 0.3) is 6.08 Å². The minimum Gasteiger partial charge on any atom is -0.486 e. The molecule has 0 atom stereocenters. The highest BCUT2D eigenvalue weighted by Gasteiger charge is 2.35. The molecule has 0 saturated heterocycles. The molecule has 258 valence electrons. The van der Waals surface area contributed by atoms with Gasteiger partial charge in [0.15, 0.2) is 10.9 Å². The molecule has 0 unspecified atom stereocenters. The predicted molar refractivity (Wildman–Crippen MR) is 203 cm³/mol. The third-order valence-corrected chi connectivity index (χ3v) is 9.04. The lowest BCUT2D eigenvalue weighted by atomic mass is 9.99. The molecule has 3 amide bonds. The number of carbonyl (C=O) groups is 3. The van der Waals surface area contributed by atoms with Crippen LogP contribution in [0.4, 0.5) is 4.39 Å². The van der Waals surface area contributed by atoms with Crippen LogP contribution < -0.4 is 10.1 Å². The summed E-state index contributed by atoms with van der Waals surface area (Å²) in [5.41, 5.74) is 3.04. The van der Waals surface area contributed by atoms with E-state index in [2.05, 4.69) is 16.9 Å². The fourth-order valence-corrected chi connectivity index (χ4v) is 6.52. The number of carbonyl (C=O) groups excluding carboxylic acids is 3. The van der Waals surface area contributed by atoms with E-state index in [0.29, 0.717) is 16.8 Å². The van der Waals surface area contributed by atoms with E-state index in [0.717, 1.165) is 22.9 Å². The van der Waals surface area contributed by atoms with Crippen molar-refractivity contribution in [3.63, 3.8) is 0 Å². The number of halogens is 3. The van der Waals surface area contributed by atoms with Crippen molar-refractivity contribution < 1.29 is 23.5 Å². The Kier molecular flexibility index (Phi) is 12.8. The Bertz CT molecular complexity index is 1990. The summed E-state index contributed by atoms with van der Waals surface area (Å²) < 4.78 is 19.1. The number of aliphatic imine (C=N–C) groups is 1. The number of amides is 3. The summed E-state index contributed by atoms with van der Waals surface area (Å²) in [6.45, 7) is 5.53. The normalized spacial score (nSPS) is 14.3. The molecule has 0 radical (unpaired) electrons. The molecule has 0 spiro atoms. The van der Waals surface area contributed by atoms with Gasteiger partial charge in [0.2, 0.25) is 5.91 Å². The van der Waals surface area contributed by atoms with E-state index in [-0.39, 0.29) is 50.6 Å². The number of ether oxygens (including phenoxy) is 1. The summed E-state index contributed by atoms with van der Waals surface area (Å²) in [6.07, 6.45) is 7.88. The van der Waals surface area contributed by atoms with Gasteiger partial charge in [-0.2, -0.15) is 4.99 Å². The largest absolute Gasteiger partial charge is 0.486 e. The number of benzene rings is 4. The lowest BCUT2D eigenvalue weighted by molar-refractivity contribution is -0.126. The maximum absolute atomic E-state index is 14.1. The first-order valence-corrected chi connectivity index (χ1v) is 17.5. The minimum absolute atomic E-state index is 0.0377. The van der Waals surface area contributed by atoms with Gasteiger partial charge in [-0.05, 0) is 65.6 Å². The van der Waals surface area contributed by atoms with Gasteiger partial charge in [0.05, 0.1) is 21.8 Å². The third-order valence-electron chi connectivity index (χ3n) is 7.54. The Hall–Kier alpha value is -5.22. The van der Waals surface area contributed by atoms with Crippen molar-refractivity contribution in [1.29, 1.82) is 0 Å². The van der Waals surface area contributed by atoms with Crippen LogP contribution in [0, 0.1) is 5.82 Å². The monoisotopic (exact) mass is 739 g/mol. The molecule has 4 aromatic rings. The smallest absolute Gasteiger partial charge is 0.285 e. The van der Waals surface area contributed by atoms with Gasteiger partial charge in [-0.15, -0.1) is 0 Å². The SMILES string of the molecule is C=C/C=C\C(=C/C)N1C(=O)/C(=C/c2cc(Cl)c(OCc3ccc(F)cc3)c(Cl)c2)C(=O)N=C1SCC(=O)NC(c1ccccc1)c1ccccc1. The molecule has 0 aromatic heterocycles. The van der Waals surface area contributed by atoms with Crippen molar-refractivity contribution in [1.82, 2.24) is 10.2 Å². The summed E-state index contributed by atoms with van der Waals surface area (Å²) in [4.78, 5) is 46.4. The van der Waals surface area contributed by atoms with Crippen LogP contribution in [0.5, 0.6) is 5.75 Å². The van der Waals surface area contributed by atoms with Crippen LogP contribution in [-0.2, 0) is 21.0 Å². The van der Waals surface area contributed by atoms with Crippen LogP contribution >= 0.6 is 35.0 Å². The van der Waals surface area contributed by atoms with Gasteiger partial charge < -0.3 is 10.1 Å². The van der Waals surface area contributed by atoms with Crippen LogP contribution in [0.2, 0.25) is 10.0 Å². The number of thioether (sulfide) groups is 1. The molecule has 0 aliphatic carbocycles. The van der Waals surface area contributed by atoms with Crippen LogP contribution in [0.3, 0.4) is 0 Å². The average Bonchev–Trinajstić information content (AvgIpc) is 3.13. The van der Waals surface area contributed by atoms with E-state index < -0.39 is 17.9 Å². The van der Waals surface area contributed by atoms with Crippen LogP contribution in [0.1, 0.15) is 35.2 Å². The zero-order chi connectivity index (χ0) is 36.3. The zero-order valence-electron chi connectivity index (χ0n) is 27.4. The van der Waals surface area contributed by atoms with Crippen LogP contribution in [-0.4, -0.2) is 33.5 Å². The molecule has 7 nitrogen and oxygen atoms in total. The molecule has 1 aliphatic heterocycles. The lowest BCUT2D eigenvalue weighted by Gasteiger charge is -2.28. The summed E-state index contributed by atoms with van der Waals surface area (Å²) in [5.74, 6) is -2.08. The molecule has 0 fully saturated rings. The maximum atomic E-state index is 14.1. The van der Waals surface area contributed by atoms with Crippen molar-refractivity contribution in [2.75, 3.05) is 5.75 Å². The molecule has 0 saturated carbocycles. The van der Waals surface area contributed by atoms with E-state index in [1.54, 1.807) is 43.4 Å². The Balaban J connectivity index is 1.39. The Morgan fingerprint density at radius 3 is 2.16 bits per heavy atom. The molecular weight excluding hydrogens is 708 g/mol. The minimum atomic E-state index is -0.794. The van der Waals surface area contributed by atoms with E-state index in [1.807, 2.05) is 60.7 Å². The number of rotatable bonds is 12. The topological polar surface area (TPSA) is 88.1 Å². The van der Waals surface area contributed by atoms with Gasteiger partial charge in [0.25, 0.3) is 11.8 Å². The molecule has 5 rings (SSSR count). The number of hydrogen-bond donors (Lipinski definition) is 1. The maximum Gasteiger partial charge on any atom is 0.285 e. The highest BCUT2D eigenvalue weighted by atomic mass is 35.5. The number of hydrogen-bond acceptors (Lipinski definition) is 5. The number of allylic oxidation sites excluding steroid dienone is 4. The second-order valence-corrected chi connectivity index (χ2v) is 12.8. The average molecular weight is 741 g/mol. The zero-order valence-corrected chi connectivity index (χ0v) is 29.7. The molecule has 51 heavy (non-hydrogen) atoms. The van der Waals surface area contributed by atoms with Gasteiger partial charge in [-0.25, -0.2) is 4.39 Å². The van der Waals surface area contributed by atoms with E-state index in [4.69, 9.17) is 27.9 Å². The van der Waals surface area contributed by atoms with Gasteiger partial charge in [0, 0.05) is 5.70 Å². The fourth-order valence-electron chi connectivity index (χ4n) is 5.10. The van der Waals surface area contributed by atoms with E-state index in [1.165, 1.54) is 35.2 Å². The third kappa shape index (κ3) is 9.52. The van der Waals surface area contributed by atoms with Gasteiger partial charge in [-0.3, -0.25) is 19.3 Å². The molecule has 0 bridgehead atoms. The molecular formula is C40H32Cl2FN3O4S. The second kappa shape index (κ2) is 17.6. The van der Waals surface area contributed by atoms with Crippen LogP contribution in [0.15, 0.2) is 144 Å². The standard InChI is InChI=1S/C40H32Cl2FN3O4S/c1-3-5-16-31(4-2)46-39(49)32(21-27-22-33(41)37(34(42)23-27)50-24-26-17-19-30(43)20-18-26)38(48)45-40(46)51-25-35(47)44-36(28-12-8-6-9-13-28)29-14-10-7-11-15-29/h3-23,36H,1,24-25H2,2H3,(H,44,47)/b16-5-,31-4+,32-21+. The predicted octanol–water partition coefficient (Wildman–Crippen LogP) is 9.10. The Morgan fingerprint density at radius 1 is 0.980 bits per heavy atom. The second-order valence-electron chi connectivity index (χ2n) is 11.0. The molecule has 11 heteroatoms. The molecule has 4 aromatic carbocycles. The first-order chi connectivity index (χ1) is 24.7. The number of amidine groups is 1. The summed E-state index contributed by atoms with van der Waals surface area (Å²) in [7, 11) is 0. The Morgan fingerprint density at radius 2 is 1.59 bits per heavy atom. The quantitative estimate of drug-likeness (QED) is 0.0890. The molecule has 1 N–H and O–H groups in total. The van der Waals surface area contributed by atoms with Gasteiger partial charge >= 0.3 is 0 Å². The van der Waals surface area contributed by atoms with Crippen molar-refractivity contribution >= 4 is 63.9 Å². The molecule has 1 heterocycles. The van der Waals surface area contributed by atoms with Crippen molar-refractivity contribution in [2.24, 2.45) is 4.99 Å². The van der Waals surface area contributed by atoms with E-state index >= 15 is 0 Å². The summed E-state index contributed by atoms with van der Waals surface area (Å²) in [5, 5.41) is 3.39. The highest BCUT2D eigenvalue weighted by molar-refractivity contribution is 8.14. The van der Waals surface area contributed by atoms with Crippen molar-refractivity contribution in [2.45, 2.75) is 19.6 Å². The van der Waals surface area contributed by atoms with Crippen molar-refractivity contribution in [3.05, 3.63) is 177 Å². The van der Waals surface area contributed by atoms with Gasteiger partial charge in [-0.1, -0.05) is 133 Å². The lowest BCUT2D eigenvalue weighted by Crippen LogP contribution is -2.42. The van der Waals surface area contributed by atoms with E-state index in [9.17, 15) is 18.8 Å². The van der Waals surface area contributed by atoms with Gasteiger partial charge in [0.1, 0.15) is 18.0 Å². The Labute approximate surface area is 309 Å². The highest BCUT2D eigenvalue weighted by Crippen LogP contribution is 2.36. The number of nitrogens with one attached hydrogen (secondary N) is 1. The first-order valence-electron chi connectivity index (χ1n) is 15.7. The molecule has 1 aliphatic rings. The van der Waals surface area contributed by atoms with Crippen molar-refractivity contribution in [3.8, 4) is 5.75 Å². The number of nitrogens with zero attached hydrogens (tertiary/aromatic N) is 2. The summed E-state index contributed by atoms with van der Waals surface area (Å²) in [6, 6.07) is 27.5. The fraction of sp³-hybridized carbons (Fsp3) is 0.100.